The lowest BCUT2D eigenvalue weighted by Crippen LogP contribution is -2.37. The van der Waals surface area contributed by atoms with Crippen LogP contribution in [0.3, 0.4) is 0 Å². The highest BCUT2D eigenvalue weighted by Gasteiger charge is 2.20. The molecule has 0 amide bonds. The van der Waals surface area contributed by atoms with Gasteiger partial charge in [-0.2, -0.15) is 0 Å². The molecule has 0 saturated carbocycles. The predicted octanol–water partition coefficient (Wildman–Crippen LogP) is 1.23. The summed E-state index contributed by atoms with van der Waals surface area (Å²) in [5.41, 5.74) is 0.558. The second kappa shape index (κ2) is 7.26. The van der Waals surface area contributed by atoms with Crippen LogP contribution >= 0.6 is 0 Å². The van der Waals surface area contributed by atoms with E-state index in [2.05, 4.69) is 10.6 Å². The van der Waals surface area contributed by atoms with Gasteiger partial charge in [0.05, 0.1) is 19.2 Å². The summed E-state index contributed by atoms with van der Waals surface area (Å²) in [5, 5.41) is 6.17. The molecule has 1 fully saturated rings. The molecule has 0 radical (unpaired) electrons. The lowest BCUT2D eigenvalue weighted by molar-refractivity contribution is 0.0988. The average Bonchev–Trinajstić information content (AvgIpc) is 2.48. The number of likely N-dealkylation sites (N-methyl/N-ethyl adjacent to an activating group) is 1. The van der Waals surface area contributed by atoms with E-state index in [0.29, 0.717) is 17.1 Å². The fourth-order valence-corrected chi connectivity index (χ4v) is 2.39. The van der Waals surface area contributed by atoms with Gasteiger partial charge in [-0.3, -0.25) is 4.79 Å². The van der Waals surface area contributed by atoms with Gasteiger partial charge in [0.25, 0.3) is 0 Å². The molecule has 1 unspecified atom stereocenters. The first-order chi connectivity index (χ1) is 9.76. The third-order valence-electron chi connectivity index (χ3n) is 3.37. The molecule has 1 aromatic rings. The molecular weight excluding hydrogens is 256 g/mol. The maximum absolute atomic E-state index is 12.1. The van der Waals surface area contributed by atoms with Crippen LogP contribution in [-0.2, 0) is 0 Å². The summed E-state index contributed by atoms with van der Waals surface area (Å²) in [4.78, 5) is 12.1. The molecule has 0 bridgehead atoms. The molecule has 0 spiro atoms. The third-order valence-corrected chi connectivity index (χ3v) is 3.37. The van der Waals surface area contributed by atoms with E-state index in [1.165, 1.54) is 0 Å². The van der Waals surface area contributed by atoms with Gasteiger partial charge in [0.15, 0.2) is 17.3 Å². The van der Waals surface area contributed by atoms with E-state index in [0.717, 1.165) is 25.9 Å². The number of methoxy groups -OCH3 is 1. The standard InChI is InChI=1S/C15H22N2O3/c1-16-10-13(18)12-6-3-7-14(15(12)19-2)20-11-5-4-8-17-9-11/h3,6-7,11,16-17H,4-5,8-10H2,1-2H3. The fourth-order valence-electron chi connectivity index (χ4n) is 2.39. The number of Topliss-reactive ketones (excluding diaryl/α,β-unsaturated/α-hetero) is 1. The molecule has 5 heteroatoms. The lowest BCUT2D eigenvalue weighted by Gasteiger charge is -2.25. The molecule has 110 valence electrons. The van der Waals surface area contributed by atoms with Crippen LogP contribution < -0.4 is 20.1 Å². The zero-order valence-electron chi connectivity index (χ0n) is 12.1. The van der Waals surface area contributed by atoms with Crippen molar-refractivity contribution in [1.82, 2.24) is 10.6 Å². The first-order valence-corrected chi connectivity index (χ1v) is 6.98. The van der Waals surface area contributed by atoms with Gasteiger partial charge in [-0.05, 0) is 38.6 Å². The highest BCUT2D eigenvalue weighted by atomic mass is 16.5. The van der Waals surface area contributed by atoms with Gasteiger partial charge in [0, 0.05) is 6.54 Å². The van der Waals surface area contributed by atoms with E-state index in [9.17, 15) is 4.79 Å². The highest BCUT2D eigenvalue weighted by Crippen LogP contribution is 2.32. The molecule has 1 heterocycles. The van der Waals surface area contributed by atoms with Crippen molar-refractivity contribution in [1.29, 1.82) is 0 Å². The molecule has 2 N–H and O–H groups in total. The minimum atomic E-state index is -0.00318. The van der Waals surface area contributed by atoms with Crippen molar-refractivity contribution in [3.8, 4) is 11.5 Å². The number of rotatable bonds is 6. The van der Waals surface area contributed by atoms with Crippen LogP contribution in [0.2, 0.25) is 0 Å². The van der Waals surface area contributed by atoms with Crippen LogP contribution in [0.25, 0.3) is 0 Å². The Labute approximate surface area is 119 Å². The summed E-state index contributed by atoms with van der Waals surface area (Å²) in [6, 6.07) is 5.45. The summed E-state index contributed by atoms with van der Waals surface area (Å²) in [7, 11) is 3.32. The zero-order valence-corrected chi connectivity index (χ0v) is 12.1. The molecule has 0 aromatic heterocycles. The van der Waals surface area contributed by atoms with Crippen LogP contribution in [0.15, 0.2) is 18.2 Å². The van der Waals surface area contributed by atoms with Gasteiger partial charge in [0.1, 0.15) is 6.10 Å². The van der Waals surface area contributed by atoms with E-state index in [1.54, 1.807) is 20.2 Å². The smallest absolute Gasteiger partial charge is 0.180 e. The number of carbonyl (C=O) groups excluding carboxylic acids is 1. The predicted molar refractivity (Wildman–Crippen MR) is 77.8 cm³/mol. The monoisotopic (exact) mass is 278 g/mol. The van der Waals surface area contributed by atoms with Crippen molar-refractivity contribution in [3.05, 3.63) is 23.8 Å². The number of benzene rings is 1. The fraction of sp³-hybridized carbons (Fsp3) is 0.533. The summed E-state index contributed by atoms with van der Waals surface area (Å²) >= 11 is 0. The molecule has 0 aliphatic carbocycles. The van der Waals surface area contributed by atoms with Crippen molar-refractivity contribution in [2.75, 3.05) is 33.8 Å². The largest absolute Gasteiger partial charge is 0.492 e. The van der Waals surface area contributed by atoms with E-state index in [4.69, 9.17) is 9.47 Å². The first-order valence-electron chi connectivity index (χ1n) is 6.98. The van der Waals surface area contributed by atoms with Crippen LogP contribution in [0.1, 0.15) is 23.2 Å². The van der Waals surface area contributed by atoms with Crippen molar-refractivity contribution < 1.29 is 14.3 Å². The van der Waals surface area contributed by atoms with Gasteiger partial charge in [0.2, 0.25) is 0 Å². The number of ether oxygens (including phenoxy) is 2. The van der Waals surface area contributed by atoms with E-state index >= 15 is 0 Å². The van der Waals surface area contributed by atoms with Crippen LogP contribution in [0, 0.1) is 0 Å². The minimum absolute atomic E-state index is 0.00318. The summed E-state index contributed by atoms with van der Waals surface area (Å²) in [5.74, 6) is 1.16. The van der Waals surface area contributed by atoms with Gasteiger partial charge >= 0.3 is 0 Å². The number of hydrogen-bond donors (Lipinski definition) is 2. The second-order valence-electron chi connectivity index (χ2n) is 4.88. The Morgan fingerprint density at radius 3 is 3.00 bits per heavy atom. The van der Waals surface area contributed by atoms with Gasteiger partial charge < -0.3 is 20.1 Å². The molecule has 2 rings (SSSR count). The maximum Gasteiger partial charge on any atom is 0.180 e. The molecule has 1 aliphatic heterocycles. The van der Waals surface area contributed by atoms with Gasteiger partial charge in [-0.15, -0.1) is 0 Å². The molecule has 1 atom stereocenters. The topological polar surface area (TPSA) is 59.6 Å². The second-order valence-corrected chi connectivity index (χ2v) is 4.88. The van der Waals surface area contributed by atoms with Gasteiger partial charge in [-0.1, -0.05) is 6.07 Å². The Hall–Kier alpha value is -1.59. The number of nitrogens with one attached hydrogen (secondary N) is 2. The summed E-state index contributed by atoms with van der Waals surface area (Å²) in [6.07, 6.45) is 2.25. The minimum Gasteiger partial charge on any atom is -0.492 e. The first kappa shape index (κ1) is 14.8. The molecule has 1 saturated heterocycles. The van der Waals surface area contributed by atoms with Crippen LogP contribution in [0.5, 0.6) is 11.5 Å². The quantitative estimate of drug-likeness (QED) is 0.766. The number of hydrogen-bond acceptors (Lipinski definition) is 5. The average molecular weight is 278 g/mol. The van der Waals surface area contributed by atoms with E-state index < -0.39 is 0 Å². The molecule has 20 heavy (non-hydrogen) atoms. The molecule has 1 aromatic carbocycles. The third kappa shape index (κ3) is 3.49. The Kier molecular flexibility index (Phi) is 5.38. The van der Waals surface area contributed by atoms with Crippen molar-refractivity contribution in [3.63, 3.8) is 0 Å². The normalized spacial score (nSPS) is 18.6. The van der Waals surface area contributed by atoms with Gasteiger partial charge in [-0.25, -0.2) is 0 Å². The summed E-state index contributed by atoms with van der Waals surface area (Å²) < 4.78 is 11.4. The Morgan fingerprint density at radius 1 is 1.50 bits per heavy atom. The Morgan fingerprint density at radius 2 is 2.35 bits per heavy atom. The lowest BCUT2D eigenvalue weighted by atomic mass is 10.1. The maximum atomic E-state index is 12.1. The number of para-hydroxylation sites is 1. The Bertz CT molecular complexity index is 456. The number of piperidine rings is 1. The summed E-state index contributed by atoms with van der Waals surface area (Å²) in [6.45, 7) is 2.15. The highest BCUT2D eigenvalue weighted by molar-refractivity contribution is 6.00. The van der Waals surface area contributed by atoms with Crippen molar-refractivity contribution in [2.45, 2.75) is 18.9 Å². The zero-order chi connectivity index (χ0) is 14.4. The molecule has 5 nitrogen and oxygen atoms in total. The number of carbonyl (C=O) groups is 1. The van der Waals surface area contributed by atoms with Crippen molar-refractivity contribution in [2.24, 2.45) is 0 Å². The number of ketones is 1. The SMILES string of the molecule is CNCC(=O)c1cccc(OC2CCCNC2)c1OC. The van der Waals surface area contributed by atoms with E-state index in [-0.39, 0.29) is 18.4 Å². The van der Waals surface area contributed by atoms with E-state index in [1.807, 2.05) is 12.1 Å². The molecular formula is C15H22N2O3. The van der Waals surface area contributed by atoms with Crippen LogP contribution in [0.4, 0.5) is 0 Å². The van der Waals surface area contributed by atoms with Crippen LogP contribution in [-0.4, -0.2) is 45.7 Å². The Balaban J connectivity index is 2.19. The van der Waals surface area contributed by atoms with Crippen molar-refractivity contribution >= 4 is 5.78 Å². The molecule has 1 aliphatic rings.